The van der Waals surface area contributed by atoms with Crippen molar-refractivity contribution >= 4 is 11.4 Å². The van der Waals surface area contributed by atoms with E-state index in [-0.39, 0.29) is 5.78 Å². The SMILES string of the molecule is CCC(=O)c1c(C)nc2ccccn12. The number of imidazole rings is 1. The van der Waals surface area contributed by atoms with Crippen LogP contribution in [0.2, 0.25) is 0 Å². The van der Waals surface area contributed by atoms with Crippen LogP contribution in [0, 0.1) is 6.92 Å². The molecule has 0 unspecified atom stereocenters. The second-order valence-electron chi connectivity index (χ2n) is 3.25. The molecule has 2 aromatic rings. The molecule has 2 heterocycles. The van der Waals surface area contributed by atoms with Gasteiger partial charge in [-0.2, -0.15) is 0 Å². The number of Topliss-reactive ketones (excluding diaryl/α,β-unsaturated/α-hetero) is 1. The highest BCUT2D eigenvalue weighted by atomic mass is 16.1. The van der Waals surface area contributed by atoms with Gasteiger partial charge in [0.25, 0.3) is 0 Å². The van der Waals surface area contributed by atoms with Crippen LogP contribution in [0.25, 0.3) is 5.65 Å². The molecule has 0 spiro atoms. The maximum Gasteiger partial charge on any atom is 0.181 e. The van der Waals surface area contributed by atoms with E-state index in [0.717, 1.165) is 11.3 Å². The molecule has 0 aliphatic carbocycles. The van der Waals surface area contributed by atoms with E-state index < -0.39 is 0 Å². The van der Waals surface area contributed by atoms with Gasteiger partial charge in [0.2, 0.25) is 0 Å². The molecule has 0 atom stereocenters. The smallest absolute Gasteiger partial charge is 0.181 e. The van der Waals surface area contributed by atoms with Crippen molar-refractivity contribution in [2.24, 2.45) is 0 Å². The molecule has 72 valence electrons. The van der Waals surface area contributed by atoms with Crippen LogP contribution in [0.5, 0.6) is 0 Å². The number of hydrogen-bond acceptors (Lipinski definition) is 2. The lowest BCUT2D eigenvalue weighted by Crippen LogP contribution is -2.03. The highest BCUT2D eigenvalue weighted by Crippen LogP contribution is 2.13. The number of ketones is 1. The number of aromatic nitrogens is 2. The first-order valence-electron chi connectivity index (χ1n) is 4.71. The molecule has 3 heteroatoms. The normalized spacial score (nSPS) is 10.7. The van der Waals surface area contributed by atoms with E-state index in [2.05, 4.69) is 4.98 Å². The summed E-state index contributed by atoms with van der Waals surface area (Å²) < 4.78 is 1.85. The average Bonchev–Trinajstić information content (AvgIpc) is 2.53. The molecule has 2 aromatic heterocycles. The molecule has 0 saturated heterocycles. The fraction of sp³-hybridized carbons (Fsp3) is 0.273. The molecule has 0 radical (unpaired) electrons. The van der Waals surface area contributed by atoms with E-state index in [1.165, 1.54) is 0 Å². The second kappa shape index (κ2) is 3.25. The average molecular weight is 188 g/mol. The van der Waals surface area contributed by atoms with E-state index >= 15 is 0 Å². The quantitative estimate of drug-likeness (QED) is 0.677. The predicted molar refractivity (Wildman–Crippen MR) is 54.6 cm³/mol. The first kappa shape index (κ1) is 8.94. The molecular weight excluding hydrogens is 176 g/mol. The molecule has 0 bridgehead atoms. The molecule has 0 amide bonds. The van der Waals surface area contributed by atoms with Crippen LogP contribution in [0.1, 0.15) is 29.5 Å². The zero-order valence-electron chi connectivity index (χ0n) is 8.32. The second-order valence-corrected chi connectivity index (χ2v) is 3.25. The minimum absolute atomic E-state index is 0.140. The largest absolute Gasteiger partial charge is 0.297 e. The van der Waals surface area contributed by atoms with Crippen molar-refractivity contribution in [1.82, 2.24) is 9.38 Å². The van der Waals surface area contributed by atoms with Gasteiger partial charge in [-0.05, 0) is 19.1 Å². The Balaban J connectivity index is 2.74. The standard InChI is InChI=1S/C11H12N2O/c1-3-9(14)11-8(2)12-10-6-4-5-7-13(10)11/h4-7H,3H2,1-2H3. The predicted octanol–water partition coefficient (Wildman–Crippen LogP) is 2.24. The lowest BCUT2D eigenvalue weighted by atomic mass is 10.2. The van der Waals surface area contributed by atoms with Crippen molar-refractivity contribution in [3.8, 4) is 0 Å². The van der Waals surface area contributed by atoms with Gasteiger partial charge in [-0.25, -0.2) is 4.98 Å². The van der Waals surface area contributed by atoms with Gasteiger partial charge in [0, 0.05) is 12.6 Å². The van der Waals surface area contributed by atoms with Gasteiger partial charge in [-0.15, -0.1) is 0 Å². The van der Waals surface area contributed by atoms with Crippen molar-refractivity contribution in [1.29, 1.82) is 0 Å². The van der Waals surface area contributed by atoms with Crippen LogP contribution in [0.15, 0.2) is 24.4 Å². The Bertz CT molecular complexity index is 485. The third kappa shape index (κ3) is 1.21. The zero-order valence-corrected chi connectivity index (χ0v) is 8.32. The molecule has 14 heavy (non-hydrogen) atoms. The van der Waals surface area contributed by atoms with Crippen LogP contribution in [0.3, 0.4) is 0 Å². The monoisotopic (exact) mass is 188 g/mol. The highest BCUT2D eigenvalue weighted by Gasteiger charge is 2.13. The van der Waals surface area contributed by atoms with Crippen molar-refractivity contribution in [3.05, 3.63) is 35.8 Å². The number of fused-ring (bicyclic) bond motifs is 1. The molecular formula is C11H12N2O. The van der Waals surface area contributed by atoms with Gasteiger partial charge < -0.3 is 0 Å². The maximum absolute atomic E-state index is 11.6. The Morgan fingerprint density at radius 2 is 2.29 bits per heavy atom. The minimum atomic E-state index is 0.140. The summed E-state index contributed by atoms with van der Waals surface area (Å²) in [5.74, 6) is 0.140. The Hall–Kier alpha value is -1.64. The van der Waals surface area contributed by atoms with E-state index in [9.17, 15) is 4.79 Å². The Labute approximate surface area is 82.4 Å². The lowest BCUT2D eigenvalue weighted by Gasteiger charge is -1.98. The molecule has 0 aromatic carbocycles. The summed E-state index contributed by atoms with van der Waals surface area (Å²) in [7, 11) is 0. The van der Waals surface area contributed by atoms with Crippen LogP contribution in [-0.4, -0.2) is 15.2 Å². The number of hydrogen-bond donors (Lipinski definition) is 0. The van der Waals surface area contributed by atoms with Gasteiger partial charge in [0.15, 0.2) is 5.78 Å². The molecule has 0 aliphatic rings. The van der Waals surface area contributed by atoms with Gasteiger partial charge in [-0.3, -0.25) is 9.20 Å². The van der Waals surface area contributed by atoms with Crippen molar-refractivity contribution in [2.75, 3.05) is 0 Å². The van der Waals surface area contributed by atoms with Crippen LogP contribution in [-0.2, 0) is 0 Å². The minimum Gasteiger partial charge on any atom is -0.297 e. The molecule has 3 nitrogen and oxygen atoms in total. The first-order chi connectivity index (χ1) is 6.74. The van der Waals surface area contributed by atoms with Gasteiger partial charge in [0.1, 0.15) is 11.3 Å². The molecule has 0 fully saturated rings. The van der Waals surface area contributed by atoms with Gasteiger partial charge in [-0.1, -0.05) is 13.0 Å². The van der Waals surface area contributed by atoms with Crippen molar-refractivity contribution in [3.63, 3.8) is 0 Å². The number of aryl methyl sites for hydroxylation is 1. The topological polar surface area (TPSA) is 34.4 Å². The summed E-state index contributed by atoms with van der Waals surface area (Å²) in [5, 5.41) is 0. The maximum atomic E-state index is 11.6. The molecule has 2 rings (SSSR count). The van der Waals surface area contributed by atoms with Crippen molar-refractivity contribution in [2.45, 2.75) is 20.3 Å². The van der Waals surface area contributed by atoms with E-state index in [1.807, 2.05) is 42.6 Å². The number of carbonyl (C=O) groups excluding carboxylic acids is 1. The van der Waals surface area contributed by atoms with E-state index in [4.69, 9.17) is 0 Å². The third-order valence-corrected chi connectivity index (χ3v) is 2.29. The lowest BCUT2D eigenvalue weighted by molar-refractivity contribution is 0.0982. The Morgan fingerprint density at radius 1 is 1.50 bits per heavy atom. The number of pyridine rings is 1. The number of nitrogens with zero attached hydrogens (tertiary/aromatic N) is 2. The van der Waals surface area contributed by atoms with E-state index in [1.54, 1.807) is 0 Å². The third-order valence-electron chi connectivity index (χ3n) is 2.29. The first-order valence-corrected chi connectivity index (χ1v) is 4.71. The van der Waals surface area contributed by atoms with Crippen molar-refractivity contribution < 1.29 is 4.79 Å². The van der Waals surface area contributed by atoms with E-state index in [0.29, 0.717) is 12.1 Å². The summed E-state index contributed by atoms with van der Waals surface area (Å²) in [4.78, 5) is 16.0. The van der Waals surface area contributed by atoms with Crippen LogP contribution < -0.4 is 0 Å². The molecule has 0 N–H and O–H groups in total. The Morgan fingerprint density at radius 3 is 3.00 bits per heavy atom. The summed E-state index contributed by atoms with van der Waals surface area (Å²) in [6, 6.07) is 5.72. The van der Waals surface area contributed by atoms with Gasteiger partial charge in [0.05, 0.1) is 5.69 Å². The summed E-state index contributed by atoms with van der Waals surface area (Å²) >= 11 is 0. The fourth-order valence-electron chi connectivity index (χ4n) is 1.62. The summed E-state index contributed by atoms with van der Waals surface area (Å²) in [6.45, 7) is 3.74. The summed E-state index contributed by atoms with van der Waals surface area (Å²) in [6.07, 6.45) is 2.39. The molecule has 0 saturated carbocycles. The Kier molecular flexibility index (Phi) is 2.08. The zero-order chi connectivity index (χ0) is 10.1. The fourth-order valence-corrected chi connectivity index (χ4v) is 1.62. The van der Waals surface area contributed by atoms with Gasteiger partial charge >= 0.3 is 0 Å². The summed E-state index contributed by atoms with van der Waals surface area (Å²) in [5.41, 5.74) is 2.35. The van der Waals surface area contributed by atoms with Crippen LogP contribution >= 0.6 is 0 Å². The molecule has 0 aliphatic heterocycles. The number of carbonyl (C=O) groups is 1. The highest BCUT2D eigenvalue weighted by molar-refractivity contribution is 5.96. The number of rotatable bonds is 2. The van der Waals surface area contributed by atoms with Crippen LogP contribution in [0.4, 0.5) is 0 Å².